The molecular formula is C13H16N4S2. The Hall–Kier alpha value is -1.40. The van der Waals surface area contributed by atoms with Crippen molar-refractivity contribution in [1.82, 2.24) is 19.3 Å². The molecule has 19 heavy (non-hydrogen) atoms. The normalized spacial score (nSPS) is 11.5. The molecule has 100 valence electrons. The van der Waals surface area contributed by atoms with Gasteiger partial charge in [-0.25, -0.2) is 0 Å². The summed E-state index contributed by atoms with van der Waals surface area (Å²) in [4.78, 5) is 5.93. The number of fused-ring (bicyclic) bond motifs is 1. The zero-order chi connectivity index (χ0) is 13.6. The SMILES string of the molecule is CCc1nn(C)c2c1[nH]c(=S)n2Cc1ccc(C)s1. The Morgan fingerprint density at radius 2 is 2.21 bits per heavy atom. The van der Waals surface area contributed by atoms with E-state index in [1.165, 1.54) is 9.75 Å². The second kappa shape index (κ2) is 4.61. The summed E-state index contributed by atoms with van der Waals surface area (Å²) in [7, 11) is 1.97. The molecule has 0 aliphatic rings. The van der Waals surface area contributed by atoms with Crippen molar-refractivity contribution in [2.75, 3.05) is 0 Å². The molecule has 0 spiro atoms. The van der Waals surface area contributed by atoms with Crippen LogP contribution in [0.1, 0.15) is 22.4 Å². The average Bonchev–Trinajstić information content (AvgIpc) is 3.00. The predicted molar refractivity (Wildman–Crippen MR) is 81.4 cm³/mol. The van der Waals surface area contributed by atoms with Crippen LogP contribution in [0.3, 0.4) is 0 Å². The first-order chi connectivity index (χ1) is 9.10. The minimum Gasteiger partial charge on any atom is -0.328 e. The maximum atomic E-state index is 5.45. The molecule has 4 nitrogen and oxygen atoms in total. The largest absolute Gasteiger partial charge is 0.328 e. The van der Waals surface area contributed by atoms with Crippen molar-refractivity contribution in [2.45, 2.75) is 26.8 Å². The van der Waals surface area contributed by atoms with Crippen molar-refractivity contribution in [3.63, 3.8) is 0 Å². The van der Waals surface area contributed by atoms with Gasteiger partial charge in [0.05, 0.1) is 12.2 Å². The van der Waals surface area contributed by atoms with E-state index in [0.717, 1.165) is 34.6 Å². The van der Waals surface area contributed by atoms with Gasteiger partial charge in [-0.1, -0.05) is 6.92 Å². The number of nitrogens with one attached hydrogen (secondary N) is 1. The van der Waals surface area contributed by atoms with E-state index in [9.17, 15) is 0 Å². The summed E-state index contributed by atoms with van der Waals surface area (Å²) in [6.45, 7) is 5.04. The summed E-state index contributed by atoms with van der Waals surface area (Å²) in [6.07, 6.45) is 0.907. The van der Waals surface area contributed by atoms with Gasteiger partial charge in [-0.3, -0.25) is 9.25 Å². The Bertz CT molecular complexity index is 787. The summed E-state index contributed by atoms with van der Waals surface area (Å²) >= 11 is 7.26. The van der Waals surface area contributed by atoms with Gasteiger partial charge in [0.1, 0.15) is 5.52 Å². The lowest BCUT2D eigenvalue weighted by Gasteiger charge is -2.02. The Kier molecular flexibility index (Phi) is 3.06. The molecule has 0 bridgehead atoms. The third-order valence-corrected chi connectivity index (χ3v) is 4.57. The number of hydrogen-bond donors (Lipinski definition) is 1. The molecule has 0 saturated heterocycles. The highest BCUT2D eigenvalue weighted by atomic mass is 32.1. The minimum atomic E-state index is 0.767. The van der Waals surface area contributed by atoms with Crippen LogP contribution in [-0.4, -0.2) is 19.3 Å². The van der Waals surface area contributed by atoms with Gasteiger partial charge in [0.25, 0.3) is 0 Å². The number of aromatic amines is 1. The summed E-state index contributed by atoms with van der Waals surface area (Å²) in [6, 6.07) is 4.31. The Balaban J connectivity index is 2.15. The van der Waals surface area contributed by atoms with E-state index < -0.39 is 0 Å². The third-order valence-electron chi connectivity index (χ3n) is 3.27. The topological polar surface area (TPSA) is 38.5 Å². The lowest BCUT2D eigenvalue weighted by atomic mass is 10.3. The zero-order valence-corrected chi connectivity index (χ0v) is 12.9. The number of thiophene rings is 1. The van der Waals surface area contributed by atoms with Crippen LogP contribution in [0.4, 0.5) is 0 Å². The van der Waals surface area contributed by atoms with Gasteiger partial charge in [-0.15, -0.1) is 11.3 Å². The second-order valence-electron chi connectivity index (χ2n) is 4.65. The quantitative estimate of drug-likeness (QED) is 0.751. The summed E-state index contributed by atoms with van der Waals surface area (Å²) in [5.41, 5.74) is 3.22. The highest BCUT2D eigenvalue weighted by molar-refractivity contribution is 7.71. The first kappa shape index (κ1) is 12.6. The molecule has 0 atom stereocenters. The lowest BCUT2D eigenvalue weighted by Crippen LogP contribution is -2.03. The minimum absolute atomic E-state index is 0.767. The van der Waals surface area contributed by atoms with Crippen LogP contribution in [-0.2, 0) is 20.0 Å². The molecule has 0 unspecified atom stereocenters. The fourth-order valence-electron chi connectivity index (χ4n) is 2.40. The van der Waals surface area contributed by atoms with E-state index in [-0.39, 0.29) is 0 Å². The molecule has 0 fully saturated rings. The highest BCUT2D eigenvalue weighted by Gasteiger charge is 2.14. The van der Waals surface area contributed by atoms with Crippen LogP contribution in [0.15, 0.2) is 12.1 Å². The van der Waals surface area contributed by atoms with Crippen molar-refractivity contribution in [2.24, 2.45) is 7.05 Å². The van der Waals surface area contributed by atoms with Crippen LogP contribution in [0.2, 0.25) is 0 Å². The number of aromatic nitrogens is 4. The highest BCUT2D eigenvalue weighted by Crippen LogP contribution is 2.22. The molecule has 3 aromatic rings. The number of H-pyrrole nitrogens is 1. The van der Waals surface area contributed by atoms with E-state index in [1.54, 1.807) is 0 Å². The average molecular weight is 292 g/mol. The van der Waals surface area contributed by atoms with Crippen LogP contribution in [0, 0.1) is 11.7 Å². The molecular weight excluding hydrogens is 276 g/mol. The molecule has 3 aromatic heterocycles. The number of hydrogen-bond acceptors (Lipinski definition) is 3. The number of aryl methyl sites for hydroxylation is 3. The van der Waals surface area contributed by atoms with Gasteiger partial charge >= 0.3 is 0 Å². The first-order valence-corrected chi connectivity index (χ1v) is 7.52. The maximum Gasteiger partial charge on any atom is 0.179 e. The third kappa shape index (κ3) is 2.04. The van der Waals surface area contributed by atoms with E-state index in [1.807, 2.05) is 23.1 Å². The van der Waals surface area contributed by atoms with Gasteiger partial charge in [0.15, 0.2) is 10.4 Å². The molecule has 6 heteroatoms. The molecule has 3 rings (SSSR count). The number of imidazole rings is 1. The van der Waals surface area contributed by atoms with Crippen LogP contribution >= 0.6 is 23.6 Å². The molecule has 0 aliphatic carbocycles. The first-order valence-electron chi connectivity index (χ1n) is 6.30. The smallest absolute Gasteiger partial charge is 0.179 e. The van der Waals surface area contributed by atoms with Gasteiger partial charge < -0.3 is 4.98 Å². The number of nitrogens with zero attached hydrogens (tertiary/aromatic N) is 3. The van der Waals surface area contributed by atoms with E-state index in [0.29, 0.717) is 0 Å². The zero-order valence-electron chi connectivity index (χ0n) is 11.2. The fourth-order valence-corrected chi connectivity index (χ4v) is 3.53. The van der Waals surface area contributed by atoms with Crippen molar-refractivity contribution in [3.8, 4) is 0 Å². The van der Waals surface area contributed by atoms with Crippen LogP contribution in [0.25, 0.3) is 11.2 Å². The van der Waals surface area contributed by atoms with Crippen molar-refractivity contribution in [3.05, 3.63) is 32.4 Å². The fraction of sp³-hybridized carbons (Fsp3) is 0.385. The Morgan fingerprint density at radius 1 is 1.42 bits per heavy atom. The van der Waals surface area contributed by atoms with Gasteiger partial charge in [0, 0.05) is 16.8 Å². The summed E-state index contributed by atoms with van der Waals surface area (Å²) in [5.74, 6) is 0. The van der Waals surface area contributed by atoms with Crippen LogP contribution < -0.4 is 0 Å². The summed E-state index contributed by atoms with van der Waals surface area (Å²) in [5, 5.41) is 4.54. The molecule has 3 heterocycles. The van der Waals surface area contributed by atoms with Crippen LogP contribution in [0.5, 0.6) is 0 Å². The predicted octanol–water partition coefficient (Wildman–Crippen LogP) is 3.41. The Morgan fingerprint density at radius 3 is 2.84 bits per heavy atom. The van der Waals surface area contributed by atoms with Crippen molar-refractivity contribution < 1.29 is 0 Å². The van der Waals surface area contributed by atoms with Crippen molar-refractivity contribution in [1.29, 1.82) is 0 Å². The molecule has 0 aromatic carbocycles. The molecule has 0 aliphatic heterocycles. The van der Waals surface area contributed by atoms with E-state index >= 15 is 0 Å². The molecule has 0 amide bonds. The van der Waals surface area contributed by atoms with E-state index in [2.05, 4.69) is 40.6 Å². The van der Waals surface area contributed by atoms with Gasteiger partial charge in [-0.2, -0.15) is 5.10 Å². The van der Waals surface area contributed by atoms with Gasteiger partial charge in [-0.05, 0) is 37.7 Å². The molecule has 1 N–H and O–H groups in total. The molecule has 0 saturated carbocycles. The maximum absolute atomic E-state index is 5.45. The number of rotatable bonds is 3. The van der Waals surface area contributed by atoms with E-state index in [4.69, 9.17) is 12.2 Å². The second-order valence-corrected chi connectivity index (χ2v) is 6.41. The van der Waals surface area contributed by atoms with Gasteiger partial charge in [0.2, 0.25) is 0 Å². The Labute approximate surface area is 120 Å². The lowest BCUT2D eigenvalue weighted by molar-refractivity contribution is 0.713. The standard InChI is InChI=1S/C13H16N4S2/c1-4-10-11-12(16(3)15-10)17(13(18)14-11)7-9-6-5-8(2)19-9/h5-6H,4,7H2,1-3H3,(H,14,18). The monoisotopic (exact) mass is 292 g/mol. The van der Waals surface area contributed by atoms with Crippen molar-refractivity contribution >= 4 is 34.7 Å². The summed E-state index contributed by atoms with van der Waals surface area (Å²) < 4.78 is 4.81. The molecule has 0 radical (unpaired) electrons.